The molecule has 2 aromatic rings. The molecule has 1 N–H and O–H groups in total. The van der Waals surface area contributed by atoms with Gasteiger partial charge in [-0.05, 0) is 31.7 Å². The van der Waals surface area contributed by atoms with E-state index in [9.17, 15) is 4.79 Å². The van der Waals surface area contributed by atoms with Crippen LogP contribution in [0.4, 0.5) is 0 Å². The van der Waals surface area contributed by atoms with Crippen LogP contribution in [0.3, 0.4) is 0 Å². The average Bonchev–Trinajstić information content (AvgIpc) is 3.30. The van der Waals surface area contributed by atoms with Gasteiger partial charge in [-0.1, -0.05) is 30.3 Å². The van der Waals surface area contributed by atoms with E-state index in [1.54, 1.807) is 0 Å². The van der Waals surface area contributed by atoms with Crippen LogP contribution in [-0.2, 0) is 17.8 Å². The lowest BCUT2D eigenvalue weighted by Gasteiger charge is -2.31. The van der Waals surface area contributed by atoms with Gasteiger partial charge >= 0.3 is 0 Å². The molecule has 0 radical (unpaired) electrons. The highest BCUT2D eigenvalue weighted by Crippen LogP contribution is 2.23. The van der Waals surface area contributed by atoms with E-state index in [4.69, 9.17) is 0 Å². The minimum Gasteiger partial charge on any atom is -0.341 e. The van der Waals surface area contributed by atoms with E-state index in [1.807, 2.05) is 42.2 Å². The van der Waals surface area contributed by atoms with Gasteiger partial charge in [0.15, 0.2) is 0 Å². The van der Waals surface area contributed by atoms with Gasteiger partial charge in [0.2, 0.25) is 5.91 Å². The number of carbonyl (C=O) groups is 1. The molecule has 0 aliphatic carbocycles. The summed E-state index contributed by atoms with van der Waals surface area (Å²) in [5.74, 6) is 2.20. The Morgan fingerprint density at radius 1 is 1.20 bits per heavy atom. The molecule has 3 heterocycles. The number of nitrogens with one attached hydrogen (secondary N) is 1. The van der Waals surface area contributed by atoms with Gasteiger partial charge < -0.3 is 9.47 Å². The highest BCUT2D eigenvalue weighted by Gasteiger charge is 2.31. The SMILES string of the molecule is Cc1nnc2n1C[C@H](N[C@@H](C(=O)N1CCCC1)c1ccccc1)CC2. The molecule has 4 rings (SSSR count). The van der Waals surface area contributed by atoms with E-state index in [0.29, 0.717) is 0 Å². The first-order valence-corrected chi connectivity index (χ1v) is 9.21. The van der Waals surface area contributed by atoms with Crippen LogP contribution in [0.1, 0.15) is 42.5 Å². The van der Waals surface area contributed by atoms with Crippen LogP contribution in [-0.4, -0.2) is 44.7 Å². The molecule has 132 valence electrons. The van der Waals surface area contributed by atoms with Crippen LogP contribution in [0, 0.1) is 6.92 Å². The zero-order valence-electron chi connectivity index (χ0n) is 14.7. The maximum atomic E-state index is 13.1. The van der Waals surface area contributed by atoms with E-state index in [-0.39, 0.29) is 18.0 Å². The number of benzene rings is 1. The monoisotopic (exact) mass is 339 g/mol. The first-order valence-electron chi connectivity index (χ1n) is 9.21. The van der Waals surface area contributed by atoms with Crippen molar-refractivity contribution in [3.63, 3.8) is 0 Å². The number of hydrogen-bond acceptors (Lipinski definition) is 4. The molecule has 1 aromatic heterocycles. The molecule has 1 aromatic carbocycles. The Balaban J connectivity index is 1.54. The summed E-state index contributed by atoms with van der Waals surface area (Å²) in [6.07, 6.45) is 4.10. The van der Waals surface area contributed by atoms with E-state index >= 15 is 0 Å². The zero-order chi connectivity index (χ0) is 17.2. The standard InChI is InChI=1S/C19H25N5O/c1-14-21-22-17-10-9-16(13-24(14)17)20-18(15-7-3-2-4-8-15)19(25)23-11-5-6-12-23/h2-4,7-8,16,18,20H,5-6,9-13H2,1H3/t16-,18-/m1/s1. The van der Waals surface area contributed by atoms with Gasteiger partial charge in [0, 0.05) is 32.1 Å². The lowest BCUT2D eigenvalue weighted by molar-refractivity contribution is -0.132. The number of amides is 1. The normalized spacial score (nSPS) is 21.2. The number of rotatable bonds is 4. The van der Waals surface area contributed by atoms with Crippen molar-refractivity contribution in [1.82, 2.24) is 25.0 Å². The highest BCUT2D eigenvalue weighted by molar-refractivity contribution is 5.83. The average molecular weight is 339 g/mol. The largest absolute Gasteiger partial charge is 0.341 e. The van der Waals surface area contributed by atoms with Gasteiger partial charge in [0.1, 0.15) is 17.7 Å². The number of fused-ring (bicyclic) bond motifs is 1. The summed E-state index contributed by atoms with van der Waals surface area (Å²) in [6.45, 7) is 4.57. The molecule has 6 heteroatoms. The molecule has 0 bridgehead atoms. The third kappa shape index (κ3) is 3.31. The maximum Gasteiger partial charge on any atom is 0.244 e. The van der Waals surface area contributed by atoms with Crippen molar-refractivity contribution in [2.45, 2.75) is 51.2 Å². The summed E-state index contributed by atoms with van der Waals surface area (Å²) in [6, 6.07) is 10.1. The Morgan fingerprint density at radius 2 is 1.96 bits per heavy atom. The lowest BCUT2D eigenvalue weighted by atomic mass is 10.0. The van der Waals surface area contributed by atoms with Gasteiger partial charge in [-0.15, -0.1) is 10.2 Å². The van der Waals surface area contributed by atoms with Crippen molar-refractivity contribution in [1.29, 1.82) is 0 Å². The number of aryl methyl sites for hydroxylation is 2. The van der Waals surface area contributed by atoms with Gasteiger partial charge in [0.05, 0.1) is 0 Å². The molecule has 6 nitrogen and oxygen atoms in total. The number of carbonyl (C=O) groups excluding carboxylic acids is 1. The van der Waals surface area contributed by atoms with E-state index in [2.05, 4.69) is 20.1 Å². The van der Waals surface area contributed by atoms with Gasteiger partial charge in [-0.25, -0.2) is 0 Å². The molecule has 2 atom stereocenters. The summed E-state index contributed by atoms with van der Waals surface area (Å²) < 4.78 is 2.17. The van der Waals surface area contributed by atoms with Crippen molar-refractivity contribution < 1.29 is 4.79 Å². The Morgan fingerprint density at radius 3 is 2.72 bits per heavy atom. The Bertz CT molecular complexity index is 736. The number of likely N-dealkylation sites (tertiary alicyclic amines) is 1. The molecular weight excluding hydrogens is 314 g/mol. The fourth-order valence-electron chi connectivity index (χ4n) is 3.91. The fourth-order valence-corrected chi connectivity index (χ4v) is 3.91. The summed E-state index contributed by atoms with van der Waals surface area (Å²) in [4.78, 5) is 15.1. The minimum atomic E-state index is -0.275. The van der Waals surface area contributed by atoms with E-state index in [0.717, 1.165) is 62.5 Å². The topological polar surface area (TPSA) is 63.1 Å². The number of aromatic nitrogens is 3. The Labute approximate surface area is 148 Å². The van der Waals surface area contributed by atoms with Crippen LogP contribution in [0.25, 0.3) is 0 Å². The van der Waals surface area contributed by atoms with E-state index < -0.39 is 0 Å². The quantitative estimate of drug-likeness (QED) is 0.923. The molecule has 25 heavy (non-hydrogen) atoms. The summed E-state index contributed by atoms with van der Waals surface area (Å²) >= 11 is 0. The second-order valence-corrected chi connectivity index (χ2v) is 7.05. The Kier molecular flexibility index (Phi) is 4.53. The molecule has 0 spiro atoms. The summed E-state index contributed by atoms with van der Waals surface area (Å²) in [5.41, 5.74) is 1.05. The van der Waals surface area contributed by atoms with Gasteiger partial charge in [-0.2, -0.15) is 0 Å². The number of hydrogen-bond donors (Lipinski definition) is 1. The third-order valence-corrected chi connectivity index (χ3v) is 5.33. The smallest absolute Gasteiger partial charge is 0.244 e. The van der Waals surface area contributed by atoms with Crippen molar-refractivity contribution in [3.05, 3.63) is 47.5 Å². The number of nitrogens with zero attached hydrogens (tertiary/aromatic N) is 4. The van der Waals surface area contributed by atoms with Gasteiger partial charge in [-0.3, -0.25) is 10.1 Å². The van der Waals surface area contributed by atoms with E-state index in [1.165, 1.54) is 0 Å². The zero-order valence-corrected chi connectivity index (χ0v) is 14.7. The minimum absolute atomic E-state index is 0.204. The first-order chi connectivity index (χ1) is 12.2. The molecule has 1 saturated heterocycles. The third-order valence-electron chi connectivity index (χ3n) is 5.33. The molecule has 2 aliphatic rings. The molecule has 0 unspecified atom stereocenters. The highest BCUT2D eigenvalue weighted by atomic mass is 16.2. The van der Waals surface area contributed by atoms with Crippen molar-refractivity contribution in [2.75, 3.05) is 13.1 Å². The molecule has 2 aliphatic heterocycles. The van der Waals surface area contributed by atoms with Crippen molar-refractivity contribution in [2.24, 2.45) is 0 Å². The molecule has 1 fully saturated rings. The van der Waals surface area contributed by atoms with Gasteiger partial charge in [0.25, 0.3) is 0 Å². The molecular formula is C19H25N5O. The second kappa shape index (κ2) is 6.96. The van der Waals surface area contributed by atoms with Crippen LogP contribution in [0.2, 0.25) is 0 Å². The van der Waals surface area contributed by atoms with Crippen LogP contribution >= 0.6 is 0 Å². The fraction of sp³-hybridized carbons (Fsp3) is 0.526. The summed E-state index contributed by atoms with van der Waals surface area (Å²) in [7, 11) is 0. The van der Waals surface area contributed by atoms with Crippen LogP contribution in [0.5, 0.6) is 0 Å². The predicted octanol–water partition coefficient (Wildman–Crippen LogP) is 1.85. The summed E-state index contributed by atoms with van der Waals surface area (Å²) in [5, 5.41) is 12.1. The maximum absolute atomic E-state index is 13.1. The lowest BCUT2D eigenvalue weighted by Crippen LogP contribution is -2.46. The van der Waals surface area contributed by atoms with Crippen molar-refractivity contribution >= 4 is 5.91 Å². The predicted molar refractivity (Wildman–Crippen MR) is 95.0 cm³/mol. The molecule has 0 saturated carbocycles. The first kappa shape index (κ1) is 16.3. The van der Waals surface area contributed by atoms with Crippen LogP contribution < -0.4 is 5.32 Å². The molecule has 1 amide bonds. The van der Waals surface area contributed by atoms with Crippen molar-refractivity contribution in [3.8, 4) is 0 Å². The van der Waals surface area contributed by atoms with Crippen LogP contribution in [0.15, 0.2) is 30.3 Å². The second-order valence-electron chi connectivity index (χ2n) is 7.05. The Hall–Kier alpha value is -2.21.